The summed E-state index contributed by atoms with van der Waals surface area (Å²) < 4.78 is 45.0. The summed E-state index contributed by atoms with van der Waals surface area (Å²) in [4.78, 5) is -0.376. The number of hydrogen-bond donors (Lipinski definition) is 1. The Labute approximate surface area is 112 Å². The number of benzene rings is 1. The highest BCUT2D eigenvalue weighted by atomic mass is 32.2. The molecule has 1 aromatic rings. The van der Waals surface area contributed by atoms with E-state index < -0.39 is 26.9 Å². The van der Waals surface area contributed by atoms with E-state index in [0.717, 1.165) is 6.07 Å². The van der Waals surface area contributed by atoms with Gasteiger partial charge in [-0.05, 0) is 26.0 Å². The molecular weight excluding hydrogens is 271 g/mol. The first-order valence-electron chi connectivity index (χ1n) is 5.45. The van der Waals surface area contributed by atoms with Crippen molar-refractivity contribution in [3.63, 3.8) is 0 Å². The zero-order valence-corrected chi connectivity index (χ0v) is 11.7. The monoisotopic (exact) mass is 286 g/mol. The zero-order chi connectivity index (χ0) is 14.7. The number of nitriles is 1. The molecule has 0 aliphatic rings. The van der Waals surface area contributed by atoms with Crippen LogP contribution >= 0.6 is 0 Å². The van der Waals surface area contributed by atoms with Crippen molar-refractivity contribution in [2.24, 2.45) is 0 Å². The van der Waals surface area contributed by atoms with Crippen LogP contribution in [0, 0.1) is 17.1 Å². The molecule has 0 atom stereocenters. The molecule has 0 radical (unpaired) electrons. The molecule has 1 aromatic carbocycles. The molecule has 0 aromatic heterocycles. The highest BCUT2D eigenvalue weighted by Gasteiger charge is 2.28. The predicted octanol–water partition coefficient (Wildman–Crippen LogP) is 1.40. The lowest BCUT2D eigenvalue weighted by Gasteiger charge is -2.25. The standard InChI is InChI=1S/C12H15FN2O3S/c1-12(2,8-18-3)15-19(16,17)11-6-4-5-10(13)9(11)7-14/h4-6,15H,8H2,1-3H3. The van der Waals surface area contributed by atoms with Crippen molar-refractivity contribution in [1.82, 2.24) is 4.72 Å². The van der Waals surface area contributed by atoms with Crippen molar-refractivity contribution in [3.8, 4) is 6.07 Å². The maximum absolute atomic E-state index is 13.4. The van der Waals surface area contributed by atoms with Gasteiger partial charge in [-0.3, -0.25) is 0 Å². The number of methoxy groups -OCH3 is 1. The summed E-state index contributed by atoms with van der Waals surface area (Å²) in [6, 6.07) is 5.03. The number of ether oxygens (including phenoxy) is 1. The van der Waals surface area contributed by atoms with E-state index in [2.05, 4.69) is 4.72 Å². The van der Waals surface area contributed by atoms with Crippen LogP contribution in [0.1, 0.15) is 19.4 Å². The molecule has 0 spiro atoms. The summed E-state index contributed by atoms with van der Waals surface area (Å²) in [5.41, 5.74) is -1.37. The van der Waals surface area contributed by atoms with Gasteiger partial charge in [0.05, 0.1) is 12.1 Å². The Hall–Kier alpha value is -1.49. The highest BCUT2D eigenvalue weighted by Crippen LogP contribution is 2.19. The minimum atomic E-state index is -4.00. The molecular formula is C12H15FN2O3S. The molecule has 1 rings (SSSR count). The largest absolute Gasteiger partial charge is 0.383 e. The molecule has 0 fully saturated rings. The van der Waals surface area contributed by atoms with Crippen molar-refractivity contribution in [1.29, 1.82) is 5.26 Å². The van der Waals surface area contributed by atoms with Crippen molar-refractivity contribution in [2.75, 3.05) is 13.7 Å². The third-order valence-electron chi connectivity index (χ3n) is 2.29. The SMILES string of the molecule is COCC(C)(C)NS(=O)(=O)c1cccc(F)c1C#N. The Balaban J connectivity index is 3.23. The van der Waals surface area contributed by atoms with Gasteiger partial charge in [0.2, 0.25) is 10.0 Å². The number of nitrogens with one attached hydrogen (secondary N) is 1. The van der Waals surface area contributed by atoms with E-state index in [1.807, 2.05) is 0 Å². The lowest BCUT2D eigenvalue weighted by atomic mass is 10.1. The maximum atomic E-state index is 13.4. The van der Waals surface area contributed by atoms with E-state index in [0.29, 0.717) is 0 Å². The fourth-order valence-electron chi connectivity index (χ4n) is 1.65. The first-order valence-corrected chi connectivity index (χ1v) is 6.93. The molecule has 104 valence electrons. The normalized spacial score (nSPS) is 12.2. The molecule has 0 unspecified atom stereocenters. The third-order valence-corrected chi connectivity index (χ3v) is 4.03. The predicted molar refractivity (Wildman–Crippen MR) is 67.4 cm³/mol. The fraction of sp³-hybridized carbons (Fsp3) is 0.417. The lowest BCUT2D eigenvalue weighted by Crippen LogP contribution is -2.46. The van der Waals surface area contributed by atoms with Crippen molar-refractivity contribution < 1.29 is 17.5 Å². The van der Waals surface area contributed by atoms with Gasteiger partial charge in [-0.2, -0.15) is 5.26 Å². The maximum Gasteiger partial charge on any atom is 0.242 e. The van der Waals surface area contributed by atoms with Crippen molar-refractivity contribution in [2.45, 2.75) is 24.3 Å². The van der Waals surface area contributed by atoms with Crippen LogP contribution in [-0.4, -0.2) is 27.7 Å². The average Bonchev–Trinajstić information content (AvgIpc) is 2.26. The Morgan fingerprint density at radius 3 is 2.63 bits per heavy atom. The zero-order valence-electron chi connectivity index (χ0n) is 10.9. The van der Waals surface area contributed by atoms with Gasteiger partial charge in [0.1, 0.15) is 22.3 Å². The number of halogens is 1. The van der Waals surface area contributed by atoms with Gasteiger partial charge in [-0.25, -0.2) is 17.5 Å². The van der Waals surface area contributed by atoms with Gasteiger partial charge in [0.25, 0.3) is 0 Å². The van der Waals surface area contributed by atoms with E-state index >= 15 is 0 Å². The van der Waals surface area contributed by atoms with Gasteiger partial charge in [-0.1, -0.05) is 6.07 Å². The van der Waals surface area contributed by atoms with Crippen LogP contribution < -0.4 is 4.72 Å². The molecule has 0 bridgehead atoms. The van der Waals surface area contributed by atoms with Crippen molar-refractivity contribution in [3.05, 3.63) is 29.6 Å². The Kier molecular flexibility index (Phi) is 4.63. The highest BCUT2D eigenvalue weighted by molar-refractivity contribution is 7.89. The number of sulfonamides is 1. The minimum absolute atomic E-state index is 0.142. The minimum Gasteiger partial charge on any atom is -0.383 e. The van der Waals surface area contributed by atoms with Crippen molar-refractivity contribution >= 4 is 10.0 Å². The topological polar surface area (TPSA) is 79.2 Å². The van der Waals surface area contributed by atoms with Crippen LogP contribution in [0.2, 0.25) is 0 Å². The summed E-state index contributed by atoms with van der Waals surface area (Å²) in [5, 5.41) is 8.86. The molecule has 0 aliphatic heterocycles. The molecule has 7 heteroatoms. The van der Waals surface area contributed by atoms with E-state index in [4.69, 9.17) is 10.00 Å². The van der Waals surface area contributed by atoms with Gasteiger partial charge in [-0.15, -0.1) is 0 Å². The summed E-state index contributed by atoms with van der Waals surface area (Å²) >= 11 is 0. The molecule has 19 heavy (non-hydrogen) atoms. The third kappa shape index (κ3) is 3.73. The van der Waals surface area contributed by atoms with Crippen LogP contribution in [0.15, 0.2) is 23.1 Å². The molecule has 0 saturated heterocycles. The van der Waals surface area contributed by atoms with E-state index in [9.17, 15) is 12.8 Å². The first-order chi connectivity index (χ1) is 8.73. The number of rotatable bonds is 5. The second kappa shape index (κ2) is 5.65. The van der Waals surface area contributed by atoms with Crippen LogP contribution in [-0.2, 0) is 14.8 Å². The Bertz CT molecular complexity index is 606. The first kappa shape index (κ1) is 15.6. The van der Waals surface area contributed by atoms with Crippen LogP contribution in [0.5, 0.6) is 0 Å². The second-order valence-corrected chi connectivity index (χ2v) is 6.30. The van der Waals surface area contributed by atoms with E-state index in [1.54, 1.807) is 19.9 Å². The molecule has 5 nitrogen and oxygen atoms in total. The fourth-order valence-corrected chi connectivity index (χ4v) is 3.21. The van der Waals surface area contributed by atoms with E-state index in [1.165, 1.54) is 19.2 Å². The summed E-state index contributed by atoms with van der Waals surface area (Å²) in [6.45, 7) is 3.39. The smallest absolute Gasteiger partial charge is 0.242 e. The molecule has 0 heterocycles. The second-order valence-electron chi connectivity index (χ2n) is 4.65. The van der Waals surface area contributed by atoms with Crippen LogP contribution in [0.25, 0.3) is 0 Å². The number of hydrogen-bond acceptors (Lipinski definition) is 4. The van der Waals surface area contributed by atoms with Gasteiger partial charge >= 0.3 is 0 Å². The summed E-state index contributed by atoms with van der Waals surface area (Å²) in [7, 11) is -2.55. The lowest BCUT2D eigenvalue weighted by molar-refractivity contribution is 0.141. The van der Waals surface area contributed by atoms with E-state index in [-0.39, 0.29) is 11.5 Å². The molecule has 1 N–H and O–H groups in total. The number of nitrogens with zero attached hydrogens (tertiary/aromatic N) is 1. The average molecular weight is 286 g/mol. The van der Waals surface area contributed by atoms with Gasteiger partial charge < -0.3 is 4.74 Å². The Morgan fingerprint density at radius 2 is 2.11 bits per heavy atom. The van der Waals surface area contributed by atoms with Crippen LogP contribution in [0.4, 0.5) is 4.39 Å². The Morgan fingerprint density at radius 1 is 1.47 bits per heavy atom. The summed E-state index contributed by atoms with van der Waals surface area (Å²) in [6.07, 6.45) is 0. The van der Waals surface area contributed by atoms with Gasteiger partial charge in [0.15, 0.2) is 0 Å². The molecule has 0 amide bonds. The summed E-state index contributed by atoms with van der Waals surface area (Å²) in [5.74, 6) is -0.866. The molecule has 0 saturated carbocycles. The molecule has 0 aliphatic carbocycles. The van der Waals surface area contributed by atoms with Gasteiger partial charge in [0, 0.05) is 7.11 Å². The quantitative estimate of drug-likeness (QED) is 0.887. The van der Waals surface area contributed by atoms with Crippen LogP contribution in [0.3, 0.4) is 0 Å².